The van der Waals surface area contributed by atoms with Crippen molar-refractivity contribution in [3.63, 3.8) is 0 Å². The van der Waals surface area contributed by atoms with E-state index in [-0.39, 0.29) is 0 Å². The zero-order valence-corrected chi connectivity index (χ0v) is 12.7. The van der Waals surface area contributed by atoms with Crippen molar-refractivity contribution in [1.82, 2.24) is 10.3 Å². The van der Waals surface area contributed by atoms with E-state index in [9.17, 15) is 0 Å². The molecule has 0 radical (unpaired) electrons. The minimum Gasteiger partial charge on any atom is -0.439 e. The highest BCUT2D eigenvalue weighted by molar-refractivity contribution is 6.31. The van der Waals surface area contributed by atoms with Gasteiger partial charge >= 0.3 is 0 Å². The van der Waals surface area contributed by atoms with E-state index in [2.05, 4.69) is 36.3 Å². The maximum absolute atomic E-state index is 6.08. The van der Waals surface area contributed by atoms with Gasteiger partial charge in [-0.2, -0.15) is 0 Å². The van der Waals surface area contributed by atoms with Crippen LogP contribution in [0.15, 0.2) is 36.5 Å². The van der Waals surface area contributed by atoms with Crippen molar-refractivity contribution >= 4 is 11.6 Å². The molecular formula is C16H19ClN2O. The number of pyridine rings is 1. The van der Waals surface area contributed by atoms with E-state index >= 15 is 0 Å². The fraction of sp³-hybridized carbons (Fsp3) is 0.312. The van der Waals surface area contributed by atoms with Crippen molar-refractivity contribution in [1.29, 1.82) is 0 Å². The predicted octanol–water partition coefficient (Wildman–Crippen LogP) is 4.37. The summed E-state index contributed by atoms with van der Waals surface area (Å²) in [6.45, 7) is 5.02. The minimum atomic E-state index is 0.514. The van der Waals surface area contributed by atoms with Crippen molar-refractivity contribution in [2.75, 3.05) is 7.05 Å². The van der Waals surface area contributed by atoms with Gasteiger partial charge in [-0.15, -0.1) is 0 Å². The maximum Gasteiger partial charge on any atom is 0.219 e. The van der Waals surface area contributed by atoms with Gasteiger partial charge in [-0.05, 0) is 36.2 Å². The van der Waals surface area contributed by atoms with E-state index < -0.39 is 0 Å². The summed E-state index contributed by atoms with van der Waals surface area (Å²) in [5, 5.41) is 3.71. The molecule has 0 spiro atoms. The molecule has 1 heterocycles. The predicted molar refractivity (Wildman–Crippen MR) is 82.6 cm³/mol. The molecule has 1 aromatic carbocycles. The average molecular weight is 291 g/mol. The van der Waals surface area contributed by atoms with Gasteiger partial charge in [-0.1, -0.05) is 37.6 Å². The number of aromatic nitrogens is 1. The summed E-state index contributed by atoms with van der Waals surface area (Å²) in [7, 11) is 1.88. The van der Waals surface area contributed by atoms with Gasteiger partial charge in [-0.3, -0.25) is 0 Å². The molecule has 0 aliphatic heterocycles. The molecule has 0 bridgehead atoms. The second-order valence-corrected chi connectivity index (χ2v) is 5.38. The Kier molecular flexibility index (Phi) is 4.99. The molecule has 3 nitrogen and oxygen atoms in total. The lowest BCUT2D eigenvalue weighted by atomic mass is 10.0. The van der Waals surface area contributed by atoms with Gasteiger partial charge in [0.2, 0.25) is 5.88 Å². The third-order valence-electron chi connectivity index (χ3n) is 3.05. The molecule has 2 rings (SSSR count). The molecule has 0 saturated heterocycles. The molecule has 20 heavy (non-hydrogen) atoms. The Labute approximate surface area is 124 Å². The van der Waals surface area contributed by atoms with Crippen LogP contribution in [0.25, 0.3) is 0 Å². The fourth-order valence-corrected chi connectivity index (χ4v) is 2.05. The van der Waals surface area contributed by atoms with E-state index in [0.717, 1.165) is 11.3 Å². The zero-order chi connectivity index (χ0) is 14.5. The third kappa shape index (κ3) is 3.71. The number of benzene rings is 1. The van der Waals surface area contributed by atoms with Crippen LogP contribution in [-0.2, 0) is 6.54 Å². The number of halogens is 1. The second kappa shape index (κ2) is 6.73. The van der Waals surface area contributed by atoms with E-state index in [1.165, 1.54) is 5.56 Å². The Morgan fingerprint density at radius 1 is 1.25 bits per heavy atom. The summed E-state index contributed by atoms with van der Waals surface area (Å²) < 4.78 is 5.76. The smallest absolute Gasteiger partial charge is 0.219 e. The van der Waals surface area contributed by atoms with Crippen LogP contribution in [0, 0.1) is 0 Å². The Morgan fingerprint density at radius 3 is 2.55 bits per heavy atom. The van der Waals surface area contributed by atoms with Crippen molar-refractivity contribution in [3.05, 3.63) is 52.7 Å². The van der Waals surface area contributed by atoms with Gasteiger partial charge < -0.3 is 10.1 Å². The number of nitrogens with one attached hydrogen (secondary N) is 1. The average Bonchev–Trinajstić information content (AvgIpc) is 2.43. The van der Waals surface area contributed by atoms with Crippen LogP contribution in [0.4, 0.5) is 0 Å². The number of hydrogen-bond donors (Lipinski definition) is 1. The first-order valence-corrected chi connectivity index (χ1v) is 7.04. The first-order chi connectivity index (χ1) is 9.60. The first kappa shape index (κ1) is 14.8. The Morgan fingerprint density at radius 2 is 1.95 bits per heavy atom. The molecule has 2 aromatic rings. The van der Waals surface area contributed by atoms with Crippen molar-refractivity contribution in [2.45, 2.75) is 26.3 Å². The molecule has 0 aliphatic rings. The summed E-state index contributed by atoms with van der Waals surface area (Å²) >= 11 is 6.08. The SMILES string of the molecule is CNCc1cc(Oc2ccc(C(C)C)cc2)ncc1Cl. The van der Waals surface area contributed by atoms with Gasteiger partial charge in [-0.25, -0.2) is 4.98 Å². The van der Waals surface area contributed by atoms with Crippen LogP contribution in [-0.4, -0.2) is 12.0 Å². The molecule has 4 heteroatoms. The van der Waals surface area contributed by atoms with Crippen molar-refractivity contribution < 1.29 is 4.74 Å². The number of hydrogen-bond acceptors (Lipinski definition) is 3. The lowest BCUT2D eigenvalue weighted by Gasteiger charge is -2.09. The highest BCUT2D eigenvalue weighted by Gasteiger charge is 2.05. The molecule has 106 valence electrons. The second-order valence-electron chi connectivity index (χ2n) is 4.97. The monoisotopic (exact) mass is 290 g/mol. The van der Waals surface area contributed by atoms with Gasteiger partial charge in [0, 0.05) is 18.8 Å². The molecule has 0 saturated carbocycles. The summed E-state index contributed by atoms with van der Waals surface area (Å²) in [5.74, 6) is 1.84. The molecular weight excluding hydrogens is 272 g/mol. The summed E-state index contributed by atoms with van der Waals surface area (Å²) in [4.78, 5) is 4.19. The molecule has 1 aromatic heterocycles. The lowest BCUT2D eigenvalue weighted by Crippen LogP contribution is -2.06. The molecule has 0 aliphatic carbocycles. The van der Waals surface area contributed by atoms with Crippen LogP contribution in [0.1, 0.15) is 30.9 Å². The molecule has 0 amide bonds. The number of ether oxygens (including phenoxy) is 1. The lowest BCUT2D eigenvalue weighted by molar-refractivity contribution is 0.461. The highest BCUT2D eigenvalue weighted by Crippen LogP contribution is 2.25. The maximum atomic E-state index is 6.08. The summed E-state index contributed by atoms with van der Waals surface area (Å²) in [6, 6.07) is 9.93. The molecule has 0 atom stereocenters. The quantitative estimate of drug-likeness (QED) is 0.888. The van der Waals surface area contributed by atoms with Gasteiger partial charge in [0.25, 0.3) is 0 Å². The van der Waals surface area contributed by atoms with Crippen molar-refractivity contribution in [2.24, 2.45) is 0 Å². The number of nitrogens with zero attached hydrogens (tertiary/aromatic N) is 1. The summed E-state index contributed by atoms with van der Waals surface area (Å²) in [5.41, 5.74) is 2.26. The van der Waals surface area contributed by atoms with E-state index in [4.69, 9.17) is 16.3 Å². The standard InChI is InChI=1S/C16H19ClN2O/c1-11(2)12-4-6-14(7-5-12)20-16-8-13(9-18-3)15(17)10-19-16/h4-8,10-11,18H,9H2,1-3H3. The molecule has 0 fully saturated rings. The van der Waals surface area contributed by atoms with Crippen LogP contribution >= 0.6 is 11.6 Å². The topological polar surface area (TPSA) is 34.1 Å². The fourth-order valence-electron chi connectivity index (χ4n) is 1.88. The van der Waals surface area contributed by atoms with Gasteiger partial charge in [0.1, 0.15) is 5.75 Å². The third-order valence-corrected chi connectivity index (χ3v) is 3.39. The van der Waals surface area contributed by atoms with Gasteiger partial charge in [0.05, 0.1) is 5.02 Å². The zero-order valence-electron chi connectivity index (χ0n) is 12.0. The minimum absolute atomic E-state index is 0.514. The van der Waals surface area contributed by atoms with E-state index in [1.54, 1.807) is 6.20 Å². The van der Waals surface area contributed by atoms with Crippen molar-refractivity contribution in [3.8, 4) is 11.6 Å². The van der Waals surface area contributed by atoms with Crippen LogP contribution in [0.5, 0.6) is 11.6 Å². The highest BCUT2D eigenvalue weighted by atomic mass is 35.5. The first-order valence-electron chi connectivity index (χ1n) is 6.67. The Balaban J connectivity index is 2.15. The van der Waals surface area contributed by atoms with Gasteiger partial charge in [0.15, 0.2) is 0 Å². The van der Waals surface area contributed by atoms with Crippen LogP contribution in [0.3, 0.4) is 0 Å². The van der Waals surface area contributed by atoms with Crippen LogP contribution in [0.2, 0.25) is 5.02 Å². The largest absolute Gasteiger partial charge is 0.439 e. The Bertz CT molecular complexity index is 567. The molecule has 0 unspecified atom stereocenters. The summed E-state index contributed by atoms with van der Waals surface area (Å²) in [6.07, 6.45) is 1.62. The van der Waals surface area contributed by atoms with E-state index in [1.807, 2.05) is 25.2 Å². The normalized spacial score (nSPS) is 10.8. The van der Waals surface area contributed by atoms with E-state index in [0.29, 0.717) is 23.4 Å². The number of rotatable bonds is 5. The molecule has 1 N–H and O–H groups in total. The Hall–Kier alpha value is -1.58. The van der Waals surface area contributed by atoms with Crippen LogP contribution < -0.4 is 10.1 Å².